The van der Waals surface area contributed by atoms with Gasteiger partial charge in [0.15, 0.2) is 5.78 Å². The van der Waals surface area contributed by atoms with Crippen LogP contribution in [0.25, 0.3) is 0 Å². The first kappa shape index (κ1) is 22.1. The van der Waals surface area contributed by atoms with Crippen molar-refractivity contribution in [3.8, 4) is 0 Å². The first-order chi connectivity index (χ1) is 15.0. The molecule has 166 valence electrons. The highest BCUT2D eigenvalue weighted by atomic mass is 19.1. The minimum atomic E-state index is -0.743. The number of hydrogen-bond donors (Lipinski definition) is 1. The minimum absolute atomic E-state index is 0.00175. The Hall–Kier alpha value is -2.15. The summed E-state index contributed by atoms with van der Waals surface area (Å²) in [4.78, 5) is 21.6. The zero-order valence-corrected chi connectivity index (χ0v) is 18.2. The van der Waals surface area contributed by atoms with Crippen LogP contribution in [0, 0.1) is 5.82 Å². The van der Waals surface area contributed by atoms with Crippen LogP contribution < -0.4 is 0 Å². The van der Waals surface area contributed by atoms with Gasteiger partial charge in [0.1, 0.15) is 5.82 Å². The molecule has 1 N–H and O–H groups in total. The molecule has 2 aromatic rings. The van der Waals surface area contributed by atoms with Gasteiger partial charge in [0.05, 0.1) is 11.6 Å². The van der Waals surface area contributed by atoms with Crippen LogP contribution in [0.2, 0.25) is 0 Å². The van der Waals surface area contributed by atoms with Gasteiger partial charge in [0.25, 0.3) is 0 Å². The minimum Gasteiger partial charge on any atom is -0.388 e. The smallest absolute Gasteiger partial charge is 0.179 e. The van der Waals surface area contributed by atoms with E-state index in [0.29, 0.717) is 44.1 Å². The van der Waals surface area contributed by atoms with Crippen LogP contribution >= 0.6 is 0 Å². The number of carbonyl (C=O) groups excluding carboxylic acids is 1. The van der Waals surface area contributed by atoms with Crippen LogP contribution in [0.3, 0.4) is 0 Å². The monoisotopic (exact) mass is 425 g/mol. The highest BCUT2D eigenvalue weighted by Gasteiger charge is 2.38. The average Bonchev–Trinajstić information content (AvgIpc) is 2.80. The fraction of sp³-hybridized carbons (Fsp3) is 0.520. The predicted molar refractivity (Wildman–Crippen MR) is 118 cm³/mol. The van der Waals surface area contributed by atoms with Crippen molar-refractivity contribution in [1.82, 2.24) is 14.8 Å². The van der Waals surface area contributed by atoms with E-state index in [1.165, 1.54) is 24.1 Å². The normalized spacial score (nSPS) is 23.4. The first-order valence-electron chi connectivity index (χ1n) is 11.4. The molecule has 0 spiro atoms. The average molecular weight is 426 g/mol. The topological polar surface area (TPSA) is 56.7 Å². The number of β-amino-alcohol motifs (C(OH)–C–C–N with tert-alkyl or cyclic N) is 1. The van der Waals surface area contributed by atoms with Gasteiger partial charge < -0.3 is 5.11 Å². The number of pyridine rings is 1. The molecular formula is C25H32FN3O2. The molecule has 2 atom stereocenters. The van der Waals surface area contributed by atoms with E-state index < -0.39 is 5.60 Å². The number of ketones is 1. The van der Waals surface area contributed by atoms with Gasteiger partial charge in [0, 0.05) is 43.6 Å². The lowest BCUT2D eigenvalue weighted by atomic mass is 9.87. The molecular weight excluding hydrogens is 393 g/mol. The van der Waals surface area contributed by atoms with Crippen LogP contribution in [0.5, 0.6) is 0 Å². The quantitative estimate of drug-likeness (QED) is 0.713. The van der Waals surface area contributed by atoms with E-state index in [-0.39, 0.29) is 17.6 Å². The lowest BCUT2D eigenvalue weighted by Gasteiger charge is -2.45. The molecule has 31 heavy (non-hydrogen) atoms. The third-order valence-corrected chi connectivity index (χ3v) is 6.96. The first-order valence-corrected chi connectivity index (χ1v) is 11.4. The fourth-order valence-corrected chi connectivity index (χ4v) is 5.02. The molecule has 5 nitrogen and oxygen atoms in total. The van der Waals surface area contributed by atoms with E-state index in [1.807, 2.05) is 19.2 Å². The second-order valence-corrected chi connectivity index (χ2v) is 9.08. The van der Waals surface area contributed by atoms with Crippen molar-refractivity contribution >= 4 is 5.78 Å². The van der Waals surface area contributed by atoms with E-state index in [4.69, 9.17) is 0 Å². The Bertz CT molecular complexity index is 866. The molecule has 2 fully saturated rings. The Kier molecular flexibility index (Phi) is 6.80. The lowest BCUT2D eigenvalue weighted by Crippen LogP contribution is -2.54. The maximum Gasteiger partial charge on any atom is 0.179 e. The molecule has 0 amide bonds. The van der Waals surface area contributed by atoms with Gasteiger partial charge in [-0.3, -0.25) is 19.6 Å². The van der Waals surface area contributed by atoms with Gasteiger partial charge in [-0.2, -0.15) is 0 Å². The van der Waals surface area contributed by atoms with Gasteiger partial charge in [-0.25, -0.2) is 4.39 Å². The largest absolute Gasteiger partial charge is 0.388 e. The van der Waals surface area contributed by atoms with E-state index in [1.54, 1.807) is 18.3 Å². The molecule has 6 heteroatoms. The summed E-state index contributed by atoms with van der Waals surface area (Å²) in [6.45, 7) is 4.90. The summed E-state index contributed by atoms with van der Waals surface area (Å²) in [5, 5.41) is 11.4. The fourth-order valence-electron chi connectivity index (χ4n) is 5.02. The van der Waals surface area contributed by atoms with Crippen molar-refractivity contribution < 1.29 is 14.3 Å². The number of aliphatic hydroxyl groups is 1. The highest BCUT2D eigenvalue weighted by Crippen LogP contribution is 2.34. The van der Waals surface area contributed by atoms with Gasteiger partial charge in [-0.1, -0.05) is 12.5 Å². The Morgan fingerprint density at radius 1 is 1.19 bits per heavy atom. The van der Waals surface area contributed by atoms with Crippen LogP contribution in [0.4, 0.5) is 4.39 Å². The summed E-state index contributed by atoms with van der Waals surface area (Å²) in [6.07, 6.45) is 8.48. The van der Waals surface area contributed by atoms with Gasteiger partial charge >= 0.3 is 0 Å². The summed E-state index contributed by atoms with van der Waals surface area (Å²) < 4.78 is 13.2. The van der Waals surface area contributed by atoms with Crippen LogP contribution in [-0.2, 0) is 0 Å². The lowest BCUT2D eigenvalue weighted by molar-refractivity contribution is -0.0619. The number of likely N-dealkylation sites (tertiary alicyclic amines) is 2. The zero-order chi connectivity index (χ0) is 21.8. The van der Waals surface area contributed by atoms with Gasteiger partial charge in [-0.05, 0) is 75.0 Å². The number of hydrogen-bond acceptors (Lipinski definition) is 5. The molecule has 0 radical (unpaired) electrons. The Balaban J connectivity index is 1.36. The number of benzene rings is 1. The number of nitrogens with zero attached hydrogens (tertiary/aromatic N) is 3. The molecule has 1 aromatic heterocycles. The summed E-state index contributed by atoms with van der Waals surface area (Å²) in [6, 6.07) is 9.88. The number of rotatable bonds is 6. The summed E-state index contributed by atoms with van der Waals surface area (Å²) in [5.74, 6) is -0.340. The molecule has 2 saturated heterocycles. The van der Waals surface area contributed by atoms with Crippen LogP contribution in [0.15, 0.2) is 48.8 Å². The summed E-state index contributed by atoms with van der Waals surface area (Å²) in [5.41, 5.74) is 1.01. The van der Waals surface area contributed by atoms with E-state index in [0.717, 1.165) is 19.4 Å². The van der Waals surface area contributed by atoms with Crippen LogP contribution in [0.1, 0.15) is 61.0 Å². The van der Waals surface area contributed by atoms with Crippen molar-refractivity contribution in [1.29, 1.82) is 0 Å². The molecule has 0 aliphatic carbocycles. The van der Waals surface area contributed by atoms with Crippen molar-refractivity contribution in [2.24, 2.45) is 0 Å². The third kappa shape index (κ3) is 5.20. The molecule has 2 aliphatic heterocycles. The van der Waals surface area contributed by atoms with Crippen LogP contribution in [-0.4, -0.2) is 63.5 Å². The van der Waals surface area contributed by atoms with Gasteiger partial charge in [-0.15, -0.1) is 0 Å². The van der Waals surface area contributed by atoms with Crippen molar-refractivity contribution in [2.75, 3.05) is 26.2 Å². The third-order valence-electron chi connectivity index (χ3n) is 6.96. The maximum absolute atomic E-state index is 13.2. The Morgan fingerprint density at radius 2 is 1.94 bits per heavy atom. The maximum atomic E-state index is 13.2. The molecule has 1 aromatic carbocycles. The second kappa shape index (κ2) is 9.55. The number of halogens is 1. The Labute approximate surface area is 183 Å². The SMILES string of the molecule is C[C@H](C(=O)c1ccc(F)cc1)N1CCC(O)(CN2CCCC[C@@H]2c2cccnc2)CC1. The predicted octanol–water partition coefficient (Wildman–Crippen LogP) is 3.85. The van der Waals surface area contributed by atoms with E-state index >= 15 is 0 Å². The second-order valence-electron chi connectivity index (χ2n) is 9.08. The summed E-state index contributed by atoms with van der Waals surface area (Å²) >= 11 is 0. The van der Waals surface area contributed by atoms with Crippen molar-refractivity contribution in [3.63, 3.8) is 0 Å². The van der Waals surface area contributed by atoms with E-state index in [2.05, 4.69) is 20.9 Å². The number of Topliss-reactive ketones (excluding diaryl/α,β-unsaturated/α-hetero) is 1. The molecule has 3 heterocycles. The Morgan fingerprint density at radius 3 is 2.61 bits per heavy atom. The van der Waals surface area contributed by atoms with Gasteiger partial charge in [0.2, 0.25) is 0 Å². The molecule has 4 rings (SSSR count). The van der Waals surface area contributed by atoms with Crippen molar-refractivity contribution in [2.45, 2.75) is 56.7 Å². The summed E-state index contributed by atoms with van der Waals surface area (Å²) in [7, 11) is 0. The number of piperidine rings is 2. The molecule has 0 unspecified atom stereocenters. The van der Waals surface area contributed by atoms with Crippen molar-refractivity contribution in [3.05, 3.63) is 65.7 Å². The highest BCUT2D eigenvalue weighted by molar-refractivity contribution is 5.99. The molecule has 0 bridgehead atoms. The zero-order valence-electron chi connectivity index (χ0n) is 18.2. The number of aromatic nitrogens is 1. The molecule has 2 aliphatic rings. The number of carbonyl (C=O) groups is 1. The standard InChI is InChI=1S/C25H32FN3O2/c1-19(24(30)20-7-9-22(26)10-8-20)28-15-11-25(31,12-16-28)18-29-14-3-2-6-23(29)21-5-4-13-27-17-21/h4-5,7-10,13,17,19,23,31H,2-3,6,11-12,14-16,18H2,1H3/t19-,23-/m1/s1. The van der Waals surface area contributed by atoms with E-state index in [9.17, 15) is 14.3 Å². The molecule has 0 saturated carbocycles.